The predicted octanol–water partition coefficient (Wildman–Crippen LogP) is 17.3. The van der Waals surface area contributed by atoms with Gasteiger partial charge in [0.2, 0.25) is 0 Å². The van der Waals surface area contributed by atoms with Crippen LogP contribution >= 0.6 is 0 Å². The zero-order valence-corrected chi connectivity index (χ0v) is 37.8. The van der Waals surface area contributed by atoms with Crippen LogP contribution in [-0.2, 0) is 10.8 Å². The number of anilines is 3. The minimum Gasteiger partial charge on any atom is -0.310 e. The molecule has 1 spiro atoms. The van der Waals surface area contributed by atoms with Crippen LogP contribution in [0.3, 0.4) is 0 Å². The molecule has 0 radical (unpaired) electrons. The largest absolute Gasteiger partial charge is 0.310 e. The van der Waals surface area contributed by atoms with Gasteiger partial charge in [-0.05, 0) is 169 Å². The Morgan fingerprint density at radius 3 is 1.65 bits per heavy atom. The van der Waals surface area contributed by atoms with Crippen LogP contribution in [0, 0.1) is 23.7 Å². The normalized spacial score (nSPS) is 22.3. The van der Waals surface area contributed by atoms with Crippen molar-refractivity contribution in [1.29, 1.82) is 0 Å². The number of nitrogens with zero attached hydrogens (tertiary/aromatic N) is 1. The third kappa shape index (κ3) is 5.35. The molecule has 4 bridgehead atoms. The van der Waals surface area contributed by atoms with Gasteiger partial charge in [0.25, 0.3) is 0 Å². The molecule has 0 amide bonds. The van der Waals surface area contributed by atoms with E-state index >= 15 is 0 Å². The minimum atomic E-state index is -0.107. The summed E-state index contributed by atoms with van der Waals surface area (Å²) in [6.07, 6.45) is 6.95. The van der Waals surface area contributed by atoms with E-state index in [1.54, 1.807) is 11.1 Å². The first-order valence-electron chi connectivity index (χ1n) is 24.5. The molecule has 0 N–H and O–H groups in total. The van der Waals surface area contributed by atoms with E-state index in [2.05, 4.69) is 219 Å². The van der Waals surface area contributed by atoms with E-state index in [0.29, 0.717) is 11.8 Å². The van der Waals surface area contributed by atoms with Crippen molar-refractivity contribution in [3.05, 3.63) is 222 Å². The van der Waals surface area contributed by atoms with Crippen molar-refractivity contribution in [1.82, 2.24) is 0 Å². The molecule has 0 aliphatic heterocycles. The van der Waals surface area contributed by atoms with Gasteiger partial charge >= 0.3 is 0 Å². The van der Waals surface area contributed by atoms with Crippen molar-refractivity contribution in [3.63, 3.8) is 0 Å². The molecule has 15 rings (SSSR count). The lowest BCUT2D eigenvalue weighted by Crippen LogP contribution is -2.55. The fourth-order valence-corrected chi connectivity index (χ4v) is 14.9. The van der Waals surface area contributed by atoms with Crippen LogP contribution in [0.1, 0.15) is 68.2 Å². The van der Waals surface area contributed by atoms with Gasteiger partial charge in [-0.15, -0.1) is 0 Å². The highest BCUT2D eigenvalue weighted by Gasteiger charge is 2.61. The van der Waals surface area contributed by atoms with E-state index < -0.39 is 0 Å². The zero-order valence-electron chi connectivity index (χ0n) is 37.8. The van der Waals surface area contributed by atoms with Crippen LogP contribution in [0.5, 0.6) is 0 Å². The van der Waals surface area contributed by atoms with Crippen LogP contribution in [0.15, 0.2) is 200 Å². The first-order chi connectivity index (χ1) is 32.5. The van der Waals surface area contributed by atoms with Gasteiger partial charge in [0.05, 0.1) is 5.69 Å². The van der Waals surface area contributed by atoms with Crippen LogP contribution in [0.25, 0.3) is 66.4 Å². The molecule has 318 valence electrons. The number of hydrogen-bond acceptors (Lipinski definition) is 1. The molecule has 6 aliphatic carbocycles. The van der Waals surface area contributed by atoms with Crippen molar-refractivity contribution in [2.24, 2.45) is 23.7 Å². The van der Waals surface area contributed by atoms with Gasteiger partial charge in [0.1, 0.15) is 0 Å². The van der Waals surface area contributed by atoms with E-state index in [-0.39, 0.29) is 10.8 Å². The number of fused-ring (bicyclic) bond motifs is 7. The maximum atomic E-state index is 2.65. The highest BCUT2D eigenvalue weighted by Crippen LogP contribution is 2.69. The second-order valence-corrected chi connectivity index (χ2v) is 20.8. The van der Waals surface area contributed by atoms with Gasteiger partial charge in [0, 0.05) is 27.8 Å². The summed E-state index contributed by atoms with van der Waals surface area (Å²) in [4.78, 5) is 2.57. The Bertz CT molecular complexity index is 3390. The van der Waals surface area contributed by atoms with Crippen molar-refractivity contribution in [3.8, 4) is 55.6 Å². The van der Waals surface area contributed by atoms with Crippen LogP contribution in [0.4, 0.5) is 17.1 Å². The van der Waals surface area contributed by atoms with E-state index in [0.717, 1.165) is 17.5 Å². The average molecular weight is 848 g/mol. The smallest absolute Gasteiger partial charge is 0.0540 e. The third-order valence-electron chi connectivity index (χ3n) is 17.3. The number of benzene rings is 9. The predicted molar refractivity (Wildman–Crippen MR) is 276 cm³/mol. The highest BCUT2D eigenvalue weighted by molar-refractivity contribution is 6.02. The van der Waals surface area contributed by atoms with Gasteiger partial charge in [-0.25, -0.2) is 0 Å². The molecule has 4 fully saturated rings. The van der Waals surface area contributed by atoms with Gasteiger partial charge in [-0.3, -0.25) is 0 Å². The monoisotopic (exact) mass is 847 g/mol. The van der Waals surface area contributed by atoms with E-state index in [4.69, 9.17) is 0 Å². The standard InChI is InChI=1S/C65H53N/c1-64(2)59-26-10-7-21-54(59)58-25-14-24-57(63(58)64)52-19-6-5-18-50(52)44-29-31-47(32-30-44)66(62-28-12-9-22-56(62)51-23-13-16-43-15-3-4-17-49(43)51)48-33-34-55-53-20-8-11-27-60(53)65(61(55)40-48)45-36-41-35-42(38-45)39-46(65)37-41/h3-34,40-42,45-46H,35-39H2,1-2H3. The first-order valence-corrected chi connectivity index (χ1v) is 24.5. The summed E-state index contributed by atoms with van der Waals surface area (Å²) in [5, 5.41) is 2.53. The number of rotatable bonds is 6. The second kappa shape index (κ2) is 14.3. The summed E-state index contributed by atoms with van der Waals surface area (Å²) < 4.78 is 0. The molecular formula is C65H53N. The molecule has 0 unspecified atom stereocenters. The molecule has 1 heteroatoms. The molecule has 9 aromatic carbocycles. The van der Waals surface area contributed by atoms with E-state index in [1.165, 1.54) is 121 Å². The quantitative estimate of drug-likeness (QED) is 0.161. The molecule has 9 aromatic rings. The lowest BCUT2D eigenvalue weighted by molar-refractivity contribution is -0.0399. The molecule has 0 atom stereocenters. The Hall–Kier alpha value is -6.96. The van der Waals surface area contributed by atoms with Gasteiger partial charge in [-0.1, -0.05) is 184 Å². The van der Waals surface area contributed by atoms with Crippen molar-refractivity contribution in [2.75, 3.05) is 4.90 Å². The zero-order chi connectivity index (χ0) is 43.7. The van der Waals surface area contributed by atoms with Crippen molar-refractivity contribution >= 4 is 27.8 Å². The van der Waals surface area contributed by atoms with Crippen LogP contribution < -0.4 is 4.90 Å². The third-order valence-corrected chi connectivity index (χ3v) is 17.3. The Kier molecular flexibility index (Phi) is 8.29. The second-order valence-electron chi connectivity index (χ2n) is 20.8. The molecule has 0 aromatic heterocycles. The summed E-state index contributed by atoms with van der Waals surface area (Å²) >= 11 is 0. The Morgan fingerprint density at radius 2 is 0.894 bits per heavy atom. The van der Waals surface area contributed by atoms with Crippen LogP contribution in [-0.4, -0.2) is 0 Å². The van der Waals surface area contributed by atoms with Crippen LogP contribution in [0.2, 0.25) is 0 Å². The van der Waals surface area contributed by atoms with E-state index in [9.17, 15) is 0 Å². The molecule has 0 saturated heterocycles. The fourth-order valence-electron chi connectivity index (χ4n) is 14.9. The fraction of sp³-hybridized carbons (Fsp3) is 0.200. The lowest BCUT2D eigenvalue weighted by atomic mass is 9.43. The minimum absolute atomic E-state index is 0.0806. The summed E-state index contributed by atoms with van der Waals surface area (Å²) in [5.41, 5.74) is 22.8. The molecular weight excluding hydrogens is 795 g/mol. The van der Waals surface area contributed by atoms with Gasteiger partial charge in [0.15, 0.2) is 0 Å². The SMILES string of the molecule is CC1(C)c2ccccc2-c2cccc(-c3ccccc3-c3ccc(N(c4ccc5c(c4)C4(c6ccccc6-5)C5CC6CC(C5)CC4C6)c4ccccc4-c4cccc5ccccc45)cc3)c21. The maximum absolute atomic E-state index is 2.65. The lowest BCUT2D eigenvalue weighted by Gasteiger charge is -2.61. The van der Waals surface area contributed by atoms with Gasteiger partial charge in [-0.2, -0.15) is 0 Å². The number of hydrogen-bond donors (Lipinski definition) is 0. The average Bonchev–Trinajstić information content (AvgIpc) is 3.78. The topological polar surface area (TPSA) is 3.24 Å². The molecule has 1 nitrogen and oxygen atoms in total. The maximum Gasteiger partial charge on any atom is 0.0540 e. The first kappa shape index (κ1) is 38.3. The molecule has 4 saturated carbocycles. The van der Waals surface area contributed by atoms with Gasteiger partial charge < -0.3 is 4.90 Å². The summed E-state index contributed by atoms with van der Waals surface area (Å²) in [6, 6.07) is 76.2. The Balaban J connectivity index is 0.943. The summed E-state index contributed by atoms with van der Waals surface area (Å²) in [5.74, 6) is 3.20. The van der Waals surface area contributed by atoms with Crippen molar-refractivity contribution in [2.45, 2.75) is 56.8 Å². The Morgan fingerprint density at radius 1 is 0.379 bits per heavy atom. The molecule has 6 aliphatic rings. The van der Waals surface area contributed by atoms with E-state index in [1.807, 2.05) is 0 Å². The molecule has 66 heavy (non-hydrogen) atoms. The summed E-state index contributed by atoms with van der Waals surface area (Å²) in [7, 11) is 0. The highest BCUT2D eigenvalue weighted by atomic mass is 15.1. The Labute approximate surface area is 389 Å². The molecule has 0 heterocycles. The summed E-state index contributed by atoms with van der Waals surface area (Å²) in [6.45, 7) is 4.79. The van der Waals surface area contributed by atoms with Crippen molar-refractivity contribution < 1.29 is 0 Å². The number of para-hydroxylation sites is 1.